The van der Waals surface area contributed by atoms with Gasteiger partial charge in [-0.15, -0.1) is 0 Å². The Kier molecular flexibility index (Phi) is 5.86. The monoisotopic (exact) mass is 313 g/mol. The molecule has 0 unspecified atom stereocenters. The van der Waals surface area contributed by atoms with Gasteiger partial charge in [-0.3, -0.25) is 4.79 Å². The van der Waals surface area contributed by atoms with E-state index in [4.69, 9.17) is 4.74 Å². The third kappa shape index (κ3) is 4.92. The van der Waals surface area contributed by atoms with Crippen LogP contribution < -0.4 is 20.3 Å². The molecule has 0 radical (unpaired) electrons. The van der Waals surface area contributed by atoms with Crippen LogP contribution in [0.2, 0.25) is 0 Å². The topological polar surface area (TPSA) is 53.6 Å². The predicted octanol–water partition coefficient (Wildman–Crippen LogP) is 3.20. The maximum Gasteiger partial charge on any atom is 0.226 e. The summed E-state index contributed by atoms with van der Waals surface area (Å²) in [6.07, 6.45) is 0.382. The van der Waals surface area contributed by atoms with Gasteiger partial charge in [0.1, 0.15) is 5.75 Å². The zero-order valence-electron chi connectivity index (χ0n) is 13.8. The third-order valence-electron chi connectivity index (χ3n) is 3.45. The molecule has 0 aliphatic carbocycles. The second-order valence-electron chi connectivity index (χ2n) is 5.37. The van der Waals surface area contributed by atoms with Crippen molar-refractivity contribution in [3.63, 3.8) is 0 Å². The summed E-state index contributed by atoms with van der Waals surface area (Å²) in [6.45, 7) is 0.572. The summed E-state index contributed by atoms with van der Waals surface area (Å²) < 4.78 is 5.22. The minimum atomic E-state index is -0.0492. The summed E-state index contributed by atoms with van der Waals surface area (Å²) in [5.41, 5.74) is 2.83. The van der Waals surface area contributed by atoms with Gasteiger partial charge in [0.2, 0.25) is 5.91 Å². The highest BCUT2D eigenvalue weighted by Gasteiger charge is 2.06. The Balaban J connectivity index is 1.80. The van der Waals surface area contributed by atoms with Gasteiger partial charge in [0, 0.05) is 38.4 Å². The molecule has 0 spiro atoms. The van der Waals surface area contributed by atoms with E-state index in [0.717, 1.165) is 11.4 Å². The lowest BCUT2D eigenvalue weighted by Crippen LogP contribution is -2.16. The standard InChI is InChI=1S/C18H23N3O2/c1-21(2)15-10-8-14(9-11-15)19-13-12-18(22)20-16-6-4-5-7-17(16)23-3/h4-11,19H,12-13H2,1-3H3,(H,20,22). The first-order valence-corrected chi connectivity index (χ1v) is 7.54. The number of rotatable bonds is 7. The lowest BCUT2D eigenvalue weighted by Gasteiger charge is -2.13. The fraction of sp³-hybridized carbons (Fsp3) is 0.278. The van der Waals surface area contributed by atoms with Crippen LogP contribution in [0, 0.1) is 0 Å². The second-order valence-corrected chi connectivity index (χ2v) is 5.37. The van der Waals surface area contributed by atoms with Crippen LogP contribution >= 0.6 is 0 Å². The van der Waals surface area contributed by atoms with E-state index in [0.29, 0.717) is 24.4 Å². The fourth-order valence-electron chi connectivity index (χ4n) is 2.16. The minimum Gasteiger partial charge on any atom is -0.495 e. The molecule has 23 heavy (non-hydrogen) atoms. The molecule has 0 aliphatic rings. The van der Waals surface area contributed by atoms with Crippen LogP contribution in [0.25, 0.3) is 0 Å². The summed E-state index contributed by atoms with van der Waals surface area (Å²) >= 11 is 0. The number of nitrogens with zero attached hydrogens (tertiary/aromatic N) is 1. The Bertz CT molecular complexity index is 639. The number of ether oxygens (including phenoxy) is 1. The molecular weight excluding hydrogens is 290 g/mol. The van der Waals surface area contributed by atoms with Crippen molar-refractivity contribution < 1.29 is 9.53 Å². The maximum atomic E-state index is 12.0. The van der Waals surface area contributed by atoms with Crippen molar-refractivity contribution in [1.29, 1.82) is 0 Å². The van der Waals surface area contributed by atoms with Gasteiger partial charge in [-0.1, -0.05) is 12.1 Å². The molecule has 0 aromatic heterocycles. The van der Waals surface area contributed by atoms with E-state index < -0.39 is 0 Å². The highest BCUT2D eigenvalue weighted by molar-refractivity contribution is 5.92. The number of carbonyl (C=O) groups excluding carboxylic acids is 1. The van der Waals surface area contributed by atoms with E-state index in [9.17, 15) is 4.79 Å². The average molecular weight is 313 g/mol. The molecule has 122 valence electrons. The zero-order chi connectivity index (χ0) is 16.7. The number of anilines is 3. The van der Waals surface area contributed by atoms with Crippen molar-refractivity contribution in [2.75, 3.05) is 43.3 Å². The number of para-hydroxylation sites is 2. The van der Waals surface area contributed by atoms with Gasteiger partial charge in [-0.05, 0) is 36.4 Å². The molecule has 5 heteroatoms. The maximum absolute atomic E-state index is 12.0. The summed E-state index contributed by atoms with van der Waals surface area (Å²) in [5.74, 6) is 0.611. The summed E-state index contributed by atoms with van der Waals surface area (Å²) in [6, 6.07) is 15.5. The first kappa shape index (κ1) is 16.7. The van der Waals surface area contributed by atoms with Crippen LogP contribution in [-0.4, -0.2) is 33.7 Å². The number of amides is 1. The van der Waals surface area contributed by atoms with E-state index in [2.05, 4.69) is 10.6 Å². The average Bonchev–Trinajstić information content (AvgIpc) is 2.56. The molecule has 2 aromatic carbocycles. The van der Waals surface area contributed by atoms with Gasteiger partial charge < -0.3 is 20.3 Å². The van der Waals surface area contributed by atoms with Crippen LogP contribution in [0.3, 0.4) is 0 Å². The van der Waals surface area contributed by atoms with Gasteiger partial charge in [-0.2, -0.15) is 0 Å². The Hall–Kier alpha value is -2.69. The molecule has 0 heterocycles. The van der Waals surface area contributed by atoms with Crippen LogP contribution in [0.5, 0.6) is 5.75 Å². The number of hydrogen-bond donors (Lipinski definition) is 2. The molecule has 0 bridgehead atoms. The molecule has 0 saturated heterocycles. The molecule has 0 atom stereocenters. The van der Waals surface area contributed by atoms with E-state index >= 15 is 0 Å². The molecule has 0 aliphatic heterocycles. The van der Waals surface area contributed by atoms with Crippen molar-refractivity contribution in [1.82, 2.24) is 0 Å². The van der Waals surface area contributed by atoms with E-state index in [1.807, 2.05) is 67.5 Å². The van der Waals surface area contributed by atoms with Crippen LogP contribution in [-0.2, 0) is 4.79 Å². The van der Waals surface area contributed by atoms with Gasteiger partial charge in [0.15, 0.2) is 0 Å². The van der Waals surface area contributed by atoms with Crippen molar-refractivity contribution in [2.24, 2.45) is 0 Å². The van der Waals surface area contributed by atoms with E-state index in [-0.39, 0.29) is 5.91 Å². The largest absolute Gasteiger partial charge is 0.495 e. The van der Waals surface area contributed by atoms with Crippen LogP contribution in [0.15, 0.2) is 48.5 Å². The third-order valence-corrected chi connectivity index (χ3v) is 3.45. The van der Waals surface area contributed by atoms with Gasteiger partial charge >= 0.3 is 0 Å². The number of hydrogen-bond acceptors (Lipinski definition) is 4. The Morgan fingerprint density at radius 1 is 1.09 bits per heavy atom. The van der Waals surface area contributed by atoms with Crippen molar-refractivity contribution in [3.8, 4) is 5.75 Å². The molecule has 2 rings (SSSR count). The lowest BCUT2D eigenvalue weighted by molar-refractivity contribution is -0.116. The van der Waals surface area contributed by atoms with E-state index in [1.54, 1.807) is 7.11 Å². The quantitative estimate of drug-likeness (QED) is 0.824. The molecular formula is C18H23N3O2. The smallest absolute Gasteiger partial charge is 0.226 e. The fourth-order valence-corrected chi connectivity index (χ4v) is 2.16. The Morgan fingerprint density at radius 2 is 1.78 bits per heavy atom. The molecule has 5 nitrogen and oxygen atoms in total. The number of benzene rings is 2. The first-order chi connectivity index (χ1) is 11.1. The summed E-state index contributed by atoms with van der Waals surface area (Å²) in [7, 11) is 5.60. The van der Waals surface area contributed by atoms with Crippen LogP contribution in [0.4, 0.5) is 17.1 Å². The Morgan fingerprint density at radius 3 is 2.43 bits per heavy atom. The number of carbonyl (C=O) groups is 1. The van der Waals surface area contributed by atoms with E-state index in [1.165, 1.54) is 0 Å². The highest BCUT2D eigenvalue weighted by atomic mass is 16.5. The zero-order valence-corrected chi connectivity index (χ0v) is 13.8. The lowest BCUT2D eigenvalue weighted by atomic mass is 10.2. The summed E-state index contributed by atoms with van der Waals surface area (Å²) in [4.78, 5) is 14.0. The van der Waals surface area contributed by atoms with Crippen LogP contribution in [0.1, 0.15) is 6.42 Å². The molecule has 2 aromatic rings. The molecule has 0 fully saturated rings. The minimum absolute atomic E-state index is 0.0492. The van der Waals surface area contributed by atoms with Crippen molar-refractivity contribution >= 4 is 23.0 Å². The van der Waals surface area contributed by atoms with Gasteiger partial charge in [0.25, 0.3) is 0 Å². The van der Waals surface area contributed by atoms with Gasteiger partial charge in [0.05, 0.1) is 12.8 Å². The van der Waals surface area contributed by atoms with Crippen molar-refractivity contribution in [3.05, 3.63) is 48.5 Å². The number of methoxy groups -OCH3 is 1. The van der Waals surface area contributed by atoms with Crippen molar-refractivity contribution in [2.45, 2.75) is 6.42 Å². The summed E-state index contributed by atoms with van der Waals surface area (Å²) in [5, 5.41) is 6.11. The predicted molar refractivity (Wildman–Crippen MR) is 95.5 cm³/mol. The first-order valence-electron chi connectivity index (χ1n) is 7.54. The molecule has 0 saturated carbocycles. The number of nitrogens with one attached hydrogen (secondary N) is 2. The molecule has 2 N–H and O–H groups in total. The van der Waals surface area contributed by atoms with Gasteiger partial charge in [-0.25, -0.2) is 0 Å². The second kappa shape index (κ2) is 8.08. The Labute approximate surface area is 137 Å². The normalized spacial score (nSPS) is 10.0. The molecule has 1 amide bonds. The highest BCUT2D eigenvalue weighted by Crippen LogP contribution is 2.23. The SMILES string of the molecule is COc1ccccc1NC(=O)CCNc1ccc(N(C)C)cc1.